The highest BCUT2D eigenvalue weighted by atomic mass is 16.4. The molecule has 0 saturated carbocycles. The number of aryl methyl sites for hydroxylation is 1. The van der Waals surface area contributed by atoms with Crippen molar-refractivity contribution in [2.45, 2.75) is 12.8 Å². The number of carboxylic acids is 1. The number of nitriles is 1. The first-order chi connectivity index (χ1) is 12.0. The molecule has 0 unspecified atom stereocenters. The van der Waals surface area contributed by atoms with Gasteiger partial charge in [-0.3, -0.25) is 9.59 Å². The summed E-state index contributed by atoms with van der Waals surface area (Å²) in [4.78, 5) is 23.8. The number of phenolic OH excluding ortho intramolecular Hbond substituents is 1. The Morgan fingerprint density at radius 3 is 2.48 bits per heavy atom. The van der Waals surface area contributed by atoms with E-state index in [1.165, 1.54) is 24.3 Å². The number of aliphatic carboxylic acids is 1. The number of hydrogen-bond acceptors (Lipinski definition) is 5. The van der Waals surface area contributed by atoms with Crippen molar-refractivity contribution in [3.63, 3.8) is 0 Å². The molecule has 25 heavy (non-hydrogen) atoms. The molecule has 6 nitrogen and oxygen atoms in total. The first kappa shape index (κ1) is 16.3. The van der Waals surface area contributed by atoms with Gasteiger partial charge in [-0.2, -0.15) is 5.26 Å². The van der Waals surface area contributed by atoms with E-state index in [0.717, 1.165) is 0 Å². The average Bonchev–Trinajstić information content (AvgIpc) is 2.97. The molecule has 0 amide bonds. The van der Waals surface area contributed by atoms with Gasteiger partial charge >= 0.3 is 5.97 Å². The molecule has 0 spiro atoms. The van der Waals surface area contributed by atoms with Crippen molar-refractivity contribution in [1.82, 2.24) is 0 Å². The molecule has 2 aromatic carbocycles. The molecule has 0 bridgehead atoms. The van der Waals surface area contributed by atoms with Crippen LogP contribution >= 0.6 is 0 Å². The number of carboxylic acid groups (broad SMARTS) is 1. The number of carbonyl (C=O) groups is 2. The van der Waals surface area contributed by atoms with Crippen LogP contribution in [0.1, 0.15) is 33.7 Å². The lowest BCUT2D eigenvalue weighted by Crippen LogP contribution is -2.05. The zero-order valence-electron chi connectivity index (χ0n) is 13.0. The number of phenols is 1. The maximum Gasteiger partial charge on any atom is 0.303 e. The number of nitrogens with zero attached hydrogens (tertiary/aromatic N) is 1. The molecule has 3 aromatic rings. The van der Waals surface area contributed by atoms with E-state index in [4.69, 9.17) is 14.8 Å². The Hall–Kier alpha value is -3.59. The van der Waals surface area contributed by atoms with Crippen LogP contribution in [0.25, 0.3) is 11.0 Å². The first-order valence-corrected chi connectivity index (χ1v) is 7.50. The lowest BCUT2D eigenvalue weighted by Gasteiger charge is -2.03. The summed E-state index contributed by atoms with van der Waals surface area (Å²) in [5.41, 5.74) is 1.37. The van der Waals surface area contributed by atoms with E-state index in [9.17, 15) is 14.7 Å². The zero-order valence-corrected chi connectivity index (χ0v) is 13.0. The van der Waals surface area contributed by atoms with Gasteiger partial charge in [-0.05, 0) is 42.5 Å². The SMILES string of the molecule is N#Cc1ccc2oc(CCC(=O)O)c(C(=O)c3ccc(O)cc3)c2c1. The summed E-state index contributed by atoms with van der Waals surface area (Å²) < 4.78 is 5.67. The molecule has 6 heteroatoms. The van der Waals surface area contributed by atoms with Gasteiger partial charge in [0.2, 0.25) is 0 Å². The third kappa shape index (κ3) is 3.21. The van der Waals surface area contributed by atoms with Crippen LogP contribution in [0.5, 0.6) is 5.75 Å². The topological polar surface area (TPSA) is 112 Å². The molecule has 0 fully saturated rings. The van der Waals surface area contributed by atoms with Gasteiger partial charge in [-0.1, -0.05) is 0 Å². The van der Waals surface area contributed by atoms with Crippen LogP contribution in [0.15, 0.2) is 46.9 Å². The maximum atomic E-state index is 12.9. The molecule has 3 rings (SSSR count). The Morgan fingerprint density at radius 1 is 1.12 bits per heavy atom. The smallest absolute Gasteiger partial charge is 0.303 e. The molecular weight excluding hydrogens is 322 g/mol. The standard InChI is InChI=1S/C19H13NO5/c20-10-11-1-6-15-14(9-11)18(16(25-15)7-8-17(22)23)19(24)12-2-4-13(21)5-3-12/h1-6,9,21H,7-8H2,(H,22,23). The molecule has 2 N–H and O–H groups in total. The van der Waals surface area contributed by atoms with Crippen LogP contribution < -0.4 is 0 Å². The fourth-order valence-electron chi connectivity index (χ4n) is 2.62. The number of aromatic hydroxyl groups is 1. The predicted molar refractivity (Wildman–Crippen MR) is 88.4 cm³/mol. The van der Waals surface area contributed by atoms with E-state index in [2.05, 4.69) is 0 Å². The zero-order chi connectivity index (χ0) is 18.0. The molecular formula is C19H13NO5. The Balaban J connectivity index is 2.16. The Kier molecular flexibility index (Phi) is 4.23. The van der Waals surface area contributed by atoms with E-state index in [0.29, 0.717) is 22.1 Å². The second kappa shape index (κ2) is 6.49. The predicted octanol–water partition coefficient (Wildman–Crippen LogP) is 3.26. The summed E-state index contributed by atoms with van der Waals surface area (Å²) in [5.74, 6) is -1.05. The molecule has 1 heterocycles. The fourth-order valence-corrected chi connectivity index (χ4v) is 2.62. The van der Waals surface area contributed by atoms with Crippen molar-refractivity contribution in [3.8, 4) is 11.8 Å². The molecule has 124 valence electrons. The lowest BCUT2D eigenvalue weighted by atomic mass is 9.98. The van der Waals surface area contributed by atoms with E-state index >= 15 is 0 Å². The largest absolute Gasteiger partial charge is 0.508 e. The highest BCUT2D eigenvalue weighted by Crippen LogP contribution is 2.30. The quantitative estimate of drug-likeness (QED) is 0.692. The van der Waals surface area contributed by atoms with E-state index in [1.54, 1.807) is 18.2 Å². The van der Waals surface area contributed by atoms with E-state index in [-0.39, 0.29) is 35.7 Å². The Bertz CT molecular complexity index is 1010. The number of hydrogen-bond donors (Lipinski definition) is 2. The van der Waals surface area contributed by atoms with Crippen LogP contribution in [-0.2, 0) is 11.2 Å². The third-order valence-corrected chi connectivity index (χ3v) is 3.81. The van der Waals surface area contributed by atoms with Gasteiger partial charge in [0, 0.05) is 17.4 Å². The highest BCUT2D eigenvalue weighted by molar-refractivity contribution is 6.17. The summed E-state index contributed by atoms with van der Waals surface area (Å²) in [6.07, 6.45) is -0.119. The molecule has 0 radical (unpaired) electrons. The van der Waals surface area contributed by atoms with Crippen molar-refractivity contribution < 1.29 is 24.2 Å². The summed E-state index contributed by atoms with van der Waals surface area (Å²) in [5, 5.41) is 27.8. The van der Waals surface area contributed by atoms with E-state index in [1.807, 2.05) is 6.07 Å². The molecule has 0 aliphatic carbocycles. The van der Waals surface area contributed by atoms with Gasteiger partial charge in [-0.25, -0.2) is 0 Å². The molecule has 0 aliphatic rings. The summed E-state index contributed by atoms with van der Waals surface area (Å²) >= 11 is 0. The second-order valence-corrected chi connectivity index (χ2v) is 5.49. The Morgan fingerprint density at radius 2 is 1.84 bits per heavy atom. The number of furan rings is 1. The van der Waals surface area contributed by atoms with Gasteiger partial charge < -0.3 is 14.6 Å². The molecule has 1 aromatic heterocycles. The van der Waals surface area contributed by atoms with Crippen LogP contribution in [0, 0.1) is 11.3 Å². The maximum absolute atomic E-state index is 12.9. The fraction of sp³-hybridized carbons (Fsp3) is 0.105. The van der Waals surface area contributed by atoms with Crippen molar-refractivity contribution in [3.05, 3.63) is 64.9 Å². The minimum Gasteiger partial charge on any atom is -0.508 e. The minimum absolute atomic E-state index is 0.0338. The van der Waals surface area contributed by atoms with Crippen molar-refractivity contribution >= 4 is 22.7 Å². The first-order valence-electron chi connectivity index (χ1n) is 7.50. The molecule has 0 aliphatic heterocycles. The number of benzene rings is 2. The minimum atomic E-state index is -0.999. The normalized spacial score (nSPS) is 10.5. The van der Waals surface area contributed by atoms with Crippen molar-refractivity contribution in [2.24, 2.45) is 0 Å². The third-order valence-electron chi connectivity index (χ3n) is 3.81. The Labute approximate surface area is 142 Å². The number of ketones is 1. The molecule has 0 atom stereocenters. The summed E-state index contributed by atoms with van der Waals surface area (Å²) in [6, 6.07) is 12.5. The van der Waals surface area contributed by atoms with Crippen LogP contribution in [0.2, 0.25) is 0 Å². The molecule has 0 saturated heterocycles. The summed E-state index contributed by atoms with van der Waals surface area (Å²) in [7, 11) is 0. The monoisotopic (exact) mass is 335 g/mol. The lowest BCUT2D eigenvalue weighted by molar-refractivity contribution is -0.137. The van der Waals surface area contributed by atoms with Crippen molar-refractivity contribution in [1.29, 1.82) is 5.26 Å². The van der Waals surface area contributed by atoms with Gasteiger partial charge in [0.1, 0.15) is 17.1 Å². The van der Waals surface area contributed by atoms with Gasteiger partial charge in [-0.15, -0.1) is 0 Å². The van der Waals surface area contributed by atoms with Gasteiger partial charge in [0.05, 0.1) is 23.6 Å². The van der Waals surface area contributed by atoms with Crippen LogP contribution in [0.3, 0.4) is 0 Å². The van der Waals surface area contributed by atoms with E-state index < -0.39 is 5.97 Å². The highest BCUT2D eigenvalue weighted by Gasteiger charge is 2.23. The number of rotatable bonds is 5. The summed E-state index contributed by atoms with van der Waals surface area (Å²) in [6.45, 7) is 0. The van der Waals surface area contributed by atoms with Gasteiger partial charge in [0.15, 0.2) is 5.78 Å². The number of carbonyl (C=O) groups excluding carboxylic acids is 1. The van der Waals surface area contributed by atoms with Gasteiger partial charge in [0.25, 0.3) is 0 Å². The number of fused-ring (bicyclic) bond motifs is 1. The van der Waals surface area contributed by atoms with Crippen LogP contribution in [0.4, 0.5) is 0 Å². The average molecular weight is 335 g/mol. The van der Waals surface area contributed by atoms with Crippen LogP contribution in [-0.4, -0.2) is 22.0 Å². The second-order valence-electron chi connectivity index (χ2n) is 5.49. The van der Waals surface area contributed by atoms with Crippen molar-refractivity contribution in [2.75, 3.05) is 0 Å².